The summed E-state index contributed by atoms with van der Waals surface area (Å²) in [6, 6.07) is -0.129. The van der Waals surface area contributed by atoms with Crippen LogP contribution in [0.4, 0.5) is 0 Å². The highest BCUT2D eigenvalue weighted by atomic mass is 35.5. The first-order valence-electron chi connectivity index (χ1n) is 6.33. The van der Waals surface area contributed by atoms with Gasteiger partial charge in [-0.25, -0.2) is 0 Å². The fourth-order valence-electron chi connectivity index (χ4n) is 1.82. The van der Waals surface area contributed by atoms with E-state index in [1.807, 2.05) is 18.7 Å². The van der Waals surface area contributed by atoms with Crippen LogP contribution < -0.4 is 11.1 Å². The molecule has 1 rings (SSSR count). The van der Waals surface area contributed by atoms with E-state index in [1.54, 1.807) is 0 Å². The molecule has 6 heteroatoms. The fraction of sp³-hybridized carbons (Fsp3) is 0.833. The lowest BCUT2D eigenvalue weighted by atomic mass is 10.0. The van der Waals surface area contributed by atoms with Gasteiger partial charge in [-0.05, 0) is 19.8 Å². The molecule has 18 heavy (non-hydrogen) atoms. The lowest BCUT2D eigenvalue weighted by Gasteiger charge is -2.17. The molecule has 2 unspecified atom stereocenters. The molecule has 1 saturated heterocycles. The van der Waals surface area contributed by atoms with Crippen molar-refractivity contribution < 1.29 is 9.59 Å². The maximum atomic E-state index is 11.6. The molecule has 0 bridgehead atoms. The molecule has 1 heterocycles. The van der Waals surface area contributed by atoms with E-state index in [2.05, 4.69) is 5.32 Å². The van der Waals surface area contributed by atoms with Crippen molar-refractivity contribution in [2.45, 2.75) is 39.2 Å². The van der Waals surface area contributed by atoms with Crippen molar-refractivity contribution in [2.24, 2.45) is 11.7 Å². The average molecular weight is 278 g/mol. The minimum Gasteiger partial charge on any atom is -0.356 e. The molecule has 106 valence electrons. The second-order valence-corrected chi connectivity index (χ2v) is 4.78. The van der Waals surface area contributed by atoms with E-state index in [9.17, 15) is 9.59 Å². The Balaban J connectivity index is 0.00000289. The van der Waals surface area contributed by atoms with E-state index < -0.39 is 0 Å². The van der Waals surface area contributed by atoms with Crippen LogP contribution >= 0.6 is 12.4 Å². The van der Waals surface area contributed by atoms with Crippen molar-refractivity contribution in [3.8, 4) is 0 Å². The smallest absolute Gasteiger partial charge is 0.224 e. The molecule has 0 spiro atoms. The topological polar surface area (TPSA) is 75.4 Å². The number of nitrogens with one attached hydrogen (secondary N) is 1. The zero-order valence-corrected chi connectivity index (χ0v) is 12.0. The van der Waals surface area contributed by atoms with Crippen LogP contribution in [0.1, 0.15) is 33.1 Å². The lowest BCUT2D eigenvalue weighted by Crippen LogP contribution is -2.39. The van der Waals surface area contributed by atoms with Gasteiger partial charge >= 0.3 is 0 Å². The maximum Gasteiger partial charge on any atom is 0.224 e. The number of carbonyl (C=O) groups excluding carboxylic acids is 2. The van der Waals surface area contributed by atoms with Gasteiger partial charge in [-0.2, -0.15) is 0 Å². The highest BCUT2D eigenvalue weighted by Crippen LogP contribution is 2.09. The largest absolute Gasteiger partial charge is 0.356 e. The Hall–Kier alpha value is -0.810. The van der Waals surface area contributed by atoms with Crippen LogP contribution in [0.15, 0.2) is 0 Å². The number of likely N-dealkylation sites (tertiary alicyclic amines) is 1. The Kier molecular flexibility index (Phi) is 7.95. The molecule has 0 aromatic heterocycles. The van der Waals surface area contributed by atoms with Gasteiger partial charge in [0.15, 0.2) is 0 Å². The molecule has 5 nitrogen and oxygen atoms in total. The Labute approximate surface area is 115 Å². The van der Waals surface area contributed by atoms with E-state index in [0.29, 0.717) is 13.0 Å². The Morgan fingerprint density at radius 2 is 2.17 bits per heavy atom. The van der Waals surface area contributed by atoms with Crippen molar-refractivity contribution in [3.63, 3.8) is 0 Å². The first-order valence-corrected chi connectivity index (χ1v) is 6.33. The van der Waals surface area contributed by atoms with E-state index in [4.69, 9.17) is 5.73 Å². The third-order valence-corrected chi connectivity index (χ3v) is 3.28. The molecule has 0 aromatic rings. The zero-order valence-electron chi connectivity index (χ0n) is 11.1. The van der Waals surface area contributed by atoms with Crippen molar-refractivity contribution in [3.05, 3.63) is 0 Å². The van der Waals surface area contributed by atoms with Gasteiger partial charge in [0.05, 0.1) is 0 Å². The second kappa shape index (κ2) is 8.32. The van der Waals surface area contributed by atoms with Gasteiger partial charge in [-0.1, -0.05) is 6.92 Å². The minimum absolute atomic E-state index is 0. The molecule has 2 amide bonds. The van der Waals surface area contributed by atoms with Gasteiger partial charge in [-0.15, -0.1) is 12.4 Å². The van der Waals surface area contributed by atoms with Crippen molar-refractivity contribution in [2.75, 3.05) is 19.6 Å². The van der Waals surface area contributed by atoms with Crippen LogP contribution in [-0.2, 0) is 9.59 Å². The van der Waals surface area contributed by atoms with Gasteiger partial charge in [0.2, 0.25) is 11.8 Å². The summed E-state index contributed by atoms with van der Waals surface area (Å²) in [5.41, 5.74) is 5.65. The summed E-state index contributed by atoms with van der Waals surface area (Å²) in [7, 11) is 0. The van der Waals surface area contributed by atoms with Crippen LogP contribution in [0.25, 0.3) is 0 Å². The molecular formula is C12H24ClN3O2. The van der Waals surface area contributed by atoms with Gasteiger partial charge in [-0.3, -0.25) is 9.59 Å². The van der Waals surface area contributed by atoms with Gasteiger partial charge in [0.1, 0.15) is 0 Å². The van der Waals surface area contributed by atoms with E-state index >= 15 is 0 Å². The number of hydrogen-bond donors (Lipinski definition) is 2. The minimum atomic E-state index is -0.164. The van der Waals surface area contributed by atoms with Crippen molar-refractivity contribution in [1.82, 2.24) is 10.2 Å². The zero-order chi connectivity index (χ0) is 12.8. The first-order chi connectivity index (χ1) is 8.02. The second-order valence-electron chi connectivity index (χ2n) is 4.78. The highest BCUT2D eigenvalue weighted by molar-refractivity contribution is 5.85. The van der Waals surface area contributed by atoms with Crippen LogP contribution in [0.3, 0.4) is 0 Å². The van der Waals surface area contributed by atoms with Crippen LogP contribution in [0, 0.1) is 5.92 Å². The van der Waals surface area contributed by atoms with E-state index in [1.165, 1.54) is 0 Å². The van der Waals surface area contributed by atoms with Gasteiger partial charge < -0.3 is 16.0 Å². The third-order valence-electron chi connectivity index (χ3n) is 3.28. The monoisotopic (exact) mass is 277 g/mol. The van der Waals surface area contributed by atoms with E-state index in [0.717, 1.165) is 25.9 Å². The molecule has 0 aliphatic carbocycles. The molecule has 1 fully saturated rings. The molecule has 3 N–H and O–H groups in total. The number of nitrogens with two attached hydrogens (primary N) is 1. The molecule has 0 aromatic carbocycles. The lowest BCUT2D eigenvalue weighted by molar-refractivity contribution is -0.127. The highest BCUT2D eigenvalue weighted by Gasteiger charge is 2.19. The van der Waals surface area contributed by atoms with Crippen LogP contribution in [-0.4, -0.2) is 42.4 Å². The number of amides is 2. The molecule has 1 aliphatic rings. The maximum absolute atomic E-state index is 11.6. The Bertz CT molecular complexity index is 284. The average Bonchev–Trinajstić information content (AvgIpc) is 2.69. The molecule has 2 atom stereocenters. The van der Waals surface area contributed by atoms with Crippen molar-refractivity contribution in [1.29, 1.82) is 0 Å². The fourth-order valence-corrected chi connectivity index (χ4v) is 1.82. The van der Waals surface area contributed by atoms with E-state index in [-0.39, 0.29) is 36.2 Å². The molecule has 1 aliphatic heterocycles. The number of hydrogen-bond acceptors (Lipinski definition) is 3. The Morgan fingerprint density at radius 3 is 2.67 bits per heavy atom. The number of halogens is 1. The predicted molar refractivity (Wildman–Crippen MR) is 73.5 cm³/mol. The summed E-state index contributed by atoms with van der Waals surface area (Å²) in [4.78, 5) is 24.8. The standard InChI is InChI=1S/C12H23N3O2.ClH/c1-9(10(2)13)12(17)14-6-4-8-15-7-3-5-11(15)16;/h9-10H,3-8,13H2,1-2H3,(H,14,17);1H. The summed E-state index contributed by atoms with van der Waals surface area (Å²) in [5.74, 6) is 0.0662. The normalized spacial score (nSPS) is 18.2. The van der Waals surface area contributed by atoms with Crippen LogP contribution in [0.2, 0.25) is 0 Å². The Morgan fingerprint density at radius 1 is 1.50 bits per heavy atom. The predicted octanol–water partition coefficient (Wildman–Crippen LogP) is 0.520. The molecule has 0 radical (unpaired) electrons. The van der Waals surface area contributed by atoms with Gasteiger partial charge in [0, 0.05) is 38.0 Å². The SMILES string of the molecule is CC(N)C(C)C(=O)NCCCN1CCCC1=O.Cl. The summed E-state index contributed by atoms with van der Waals surface area (Å²) in [6.45, 7) is 5.87. The summed E-state index contributed by atoms with van der Waals surface area (Å²) >= 11 is 0. The van der Waals surface area contributed by atoms with Gasteiger partial charge in [0.25, 0.3) is 0 Å². The number of nitrogens with zero attached hydrogens (tertiary/aromatic N) is 1. The first kappa shape index (κ1) is 17.2. The number of carbonyl (C=O) groups is 2. The quantitative estimate of drug-likeness (QED) is 0.695. The molecule has 0 saturated carbocycles. The van der Waals surface area contributed by atoms with Crippen LogP contribution in [0.5, 0.6) is 0 Å². The number of rotatable bonds is 6. The summed E-state index contributed by atoms with van der Waals surface area (Å²) in [5, 5.41) is 2.85. The van der Waals surface area contributed by atoms with Crippen molar-refractivity contribution >= 4 is 24.2 Å². The summed E-state index contributed by atoms with van der Waals surface area (Å²) in [6.07, 6.45) is 2.45. The third kappa shape index (κ3) is 5.23. The molecular weight excluding hydrogens is 254 g/mol. The summed E-state index contributed by atoms with van der Waals surface area (Å²) < 4.78 is 0.